The van der Waals surface area contributed by atoms with E-state index in [9.17, 15) is 22.8 Å². The standard InChI is InChI=1S/C23H24F3N5O3S/c1-13-4-2-3-5-14(13)12-27-18(32)16-6-9-30(16)22-28-17-19(35-22)29-21(23(24,25)26)31(20(17)33)15-7-10-34-11-8-15/h2-5,15-16H,6-12H2,1H3,(H,27,32). The molecular formula is C23H24F3N5O3S. The fourth-order valence-electron chi connectivity index (χ4n) is 4.48. The van der Waals surface area contributed by atoms with E-state index in [2.05, 4.69) is 15.3 Å². The van der Waals surface area contributed by atoms with Gasteiger partial charge >= 0.3 is 6.18 Å². The van der Waals surface area contributed by atoms with Crippen molar-refractivity contribution >= 4 is 32.7 Å². The zero-order chi connectivity index (χ0) is 24.7. The van der Waals surface area contributed by atoms with E-state index in [0.29, 0.717) is 37.5 Å². The van der Waals surface area contributed by atoms with Gasteiger partial charge < -0.3 is 15.0 Å². The van der Waals surface area contributed by atoms with Crippen LogP contribution in [0.15, 0.2) is 29.1 Å². The van der Waals surface area contributed by atoms with E-state index in [1.54, 1.807) is 4.90 Å². The number of halogens is 3. The van der Waals surface area contributed by atoms with Crippen molar-refractivity contribution in [1.29, 1.82) is 0 Å². The van der Waals surface area contributed by atoms with Crippen molar-refractivity contribution in [3.63, 3.8) is 0 Å². The number of rotatable bonds is 5. The molecule has 35 heavy (non-hydrogen) atoms. The highest BCUT2D eigenvalue weighted by Crippen LogP contribution is 2.36. The number of fused-ring (bicyclic) bond motifs is 1. The maximum atomic E-state index is 13.8. The number of ether oxygens (including phenoxy) is 1. The predicted octanol–water partition coefficient (Wildman–Crippen LogP) is 3.43. The summed E-state index contributed by atoms with van der Waals surface area (Å²) in [5.74, 6) is -1.41. The smallest absolute Gasteiger partial charge is 0.381 e. The Kier molecular flexibility index (Phi) is 6.26. The first-order chi connectivity index (χ1) is 16.7. The molecule has 0 saturated carbocycles. The molecule has 4 heterocycles. The highest BCUT2D eigenvalue weighted by Gasteiger charge is 2.41. The molecule has 2 aromatic heterocycles. The van der Waals surface area contributed by atoms with Crippen molar-refractivity contribution in [3.8, 4) is 0 Å². The number of carbonyl (C=O) groups is 1. The minimum absolute atomic E-state index is 0.0772. The van der Waals surface area contributed by atoms with Crippen molar-refractivity contribution < 1.29 is 22.7 Å². The molecule has 2 fully saturated rings. The molecule has 3 aromatic rings. The Morgan fingerprint density at radius 3 is 2.60 bits per heavy atom. The Balaban J connectivity index is 1.42. The maximum absolute atomic E-state index is 13.8. The average Bonchev–Trinajstić information content (AvgIpc) is 3.21. The number of benzene rings is 1. The van der Waals surface area contributed by atoms with Crippen LogP contribution in [0.5, 0.6) is 0 Å². The summed E-state index contributed by atoms with van der Waals surface area (Å²) in [6, 6.07) is 6.58. The van der Waals surface area contributed by atoms with Crippen molar-refractivity contribution in [2.24, 2.45) is 0 Å². The molecule has 2 saturated heterocycles. The van der Waals surface area contributed by atoms with Crippen molar-refractivity contribution in [2.45, 2.75) is 51.0 Å². The fraction of sp³-hybridized carbons (Fsp3) is 0.478. The topological polar surface area (TPSA) is 89.4 Å². The SMILES string of the molecule is Cc1ccccc1CNC(=O)C1CCN1c1nc2c(=O)n(C3CCOCC3)c(C(F)(F)F)nc2s1. The molecule has 0 aliphatic carbocycles. The summed E-state index contributed by atoms with van der Waals surface area (Å²) < 4.78 is 47.5. The van der Waals surface area contributed by atoms with Gasteiger partial charge in [-0.1, -0.05) is 35.6 Å². The molecular weight excluding hydrogens is 483 g/mol. The lowest BCUT2D eigenvalue weighted by molar-refractivity contribution is -0.149. The number of anilines is 1. The largest absolute Gasteiger partial charge is 0.449 e. The van der Waals surface area contributed by atoms with Crippen LogP contribution >= 0.6 is 11.3 Å². The second kappa shape index (κ2) is 9.23. The highest BCUT2D eigenvalue weighted by atomic mass is 32.1. The van der Waals surface area contributed by atoms with Crippen molar-refractivity contribution in [2.75, 3.05) is 24.7 Å². The van der Waals surface area contributed by atoms with E-state index in [0.717, 1.165) is 27.0 Å². The van der Waals surface area contributed by atoms with Crippen LogP contribution in [-0.4, -0.2) is 46.2 Å². The van der Waals surface area contributed by atoms with Gasteiger partial charge in [0.1, 0.15) is 6.04 Å². The third-order valence-corrected chi connectivity index (χ3v) is 7.53. The molecule has 8 nitrogen and oxygen atoms in total. The van der Waals surface area contributed by atoms with Crippen molar-refractivity contribution in [1.82, 2.24) is 19.9 Å². The van der Waals surface area contributed by atoms with E-state index in [1.807, 2.05) is 31.2 Å². The number of thiazole rings is 1. The van der Waals surface area contributed by atoms with Crippen LogP contribution in [0.1, 0.15) is 42.3 Å². The van der Waals surface area contributed by atoms with Gasteiger partial charge in [-0.3, -0.25) is 14.2 Å². The second-order valence-electron chi connectivity index (χ2n) is 8.74. The van der Waals surface area contributed by atoms with Crippen LogP contribution in [0, 0.1) is 6.92 Å². The number of nitrogens with one attached hydrogen (secondary N) is 1. The van der Waals surface area contributed by atoms with Gasteiger partial charge in [-0.15, -0.1) is 0 Å². The Morgan fingerprint density at radius 2 is 1.94 bits per heavy atom. The number of amides is 1. The van der Waals surface area contributed by atoms with Crippen LogP contribution < -0.4 is 15.8 Å². The third-order valence-electron chi connectivity index (χ3n) is 6.55. The molecule has 2 aliphatic rings. The zero-order valence-corrected chi connectivity index (χ0v) is 19.8. The Morgan fingerprint density at radius 1 is 1.20 bits per heavy atom. The van der Waals surface area contributed by atoms with E-state index in [4.69, 9.17) is 4.74 Å². The summed E-state index contributed by atoms with van der Waals surface area (Å²) in [5.41, 5.74) is 1.16. The first-order valence-corrected chi connectivity index (χ1v) is 12.2. The van der Waals surface area contributed by atoms with Gasteiger partial charge in [0.15, 0.2) is 15.5 Å². The molecule has 1 atom stereocenters. The van der Waals surface area contributed by atoms with E-state index in [-0.39, 0.29) is 29.5 Å². The van der Waals surface area contributed by atoms with E-state index in [1.165, 1.54) is 0 Å². The normalized spacial score (nSPS) is 19.1. The number of aryl methyl sites for hydroxylation is 1. The van der Waals surface area contributed by atoms with E-state index >= 15 is 0 Å². The third kappa shape index (κ3) is 4.52. The van der Waals surface area contributed by atoms with Gasteiger partial charge in [0.25, 0.3) is 5.56 Å². The summed E-state index contributed by atoms with van der Waals surface area (Å²) in [7, 11) is 0. The lowest BCUT2D eigenvalue weighted by atomic mass is 10.0. The Hall–Kier alpha value is -2.99. The van der Waals surface area contributed by atoms with Crippen LogP contribution in [0.3, 0.4) is 0 Å². The monoisotopic (exact) mass is 507 g/mol. The van der Waals surface area contributed by atoms with Gasteiger partial charge in [-0.25, -0.2) is 9.97 Å². The summed E-state index contributed by atoms with van der Waals surface area (Å²) in [6.45, 7) is 3.42. The fourth-order valence-corrected chi connectivity index (χ4v) is 5.49. The summed E-state index contributed by atoms with van der Waals surface area (Å²) in [5, 5.41) is 3.25. The lowest BCUT2D eigenvalue weighted by Crippen LogP contribution is -2.56. The summed E-state index contributed by atoms with van der Waals surface area (Å²) in [4.78, 5) is 35.8. The average molecular weight is 508 g/mol. The molecule has 5 rings (SSSR count). The molecule has 1 N–H and O–H groups in total. The molecule has 0 radical (unpaired) electrons. The van der Waals surface area contributed by atoms with Crippen LogP contribution in [-0.2, 0) is 22.3 Å². The molecule has 1 amide bonds. The summed E-state index contributed by atoms with van der Waals surface area (Å²) in [6.07, 6.45) is -3.61. The molecule has 1 aromatic carbocycles. The minimum atomic E-state index is -4.79. The van der Waals surface area contributed by atoms with Crippen molar-refractivity contribution in [3.05, 3.63) is 51.6 Å². The number of aromatic nitrogens is 3. The second-order valence-corrected chi connectivity index (χ2v) is 9.70. The van der Waals surface area contributed by atoms with Gasteiger partial charge in [0.2, 0.25) is 11.7 Å². The number of hydrogen-bond donors (Lipinski definition) is 1. The first kappa shape index (κ1) is 23.7. The van der Waals surface area contributed by atoms with Gasteiger partial charge in [0, 0.05) is 32.3 Å². The molecule has 0 bridgehead atoms. The molecule has 1 unspecified atom stereocenters. The van der Waals surface area contributed by atoms with Crippen LogP contribution in [0.2, 0.25) is 0 Å². The van der Waals surface area contributed by atoms with Gasteiger partial charge in [-0.2, -0.15) is 13.2 Å². The quantitative estimate of drug-likeness (QED) is 0.569. The van der Waals surface area contributed by atoms with Crippen LogP contribution in [0.25, 0.3) is 10.3 Å². The number of nitrogens with zero attached hydrogens (tertiary/aromatic N) is 4. The number of alkyl halides is 3. The molecule has 0 spiro atoms. The molecule has 12 heteroatoms. The summed E-state index contributed by atoms with van der Waals surface area (Å²) >= 11 is 0.905. The molecule has 186 valence electrons. The Bertz CT molecular complexity index is 1320. The lowest BCUT2D eigenvalue weighted by Gasteiger charge is -2.39. The zero-order valence-electron chi connectivity index (χ0n) is 19.0. The van der Waals surface area contributed by atoms with Gasteiger partial charge in [0.05, 0.1) is 0 Å². The number of carbonyl (C=O) groups excluding carboxylic acids is 1. The predicted molar refractivity (Wildman–Crippen MR) is 125 cm³/mol. The number of hydrogen-bond acceptors (Lipinski definition) is 7. The maximum Gasteiger partial charge on any atom is 0.449 e. The van der Waals surface area contributed by atoms with E-state index < -0.39 is 29.6 Å². The Labute approximate surface area is 202 Å². The molecule has 2 aliphatic heterocycles. The van der Waals surface area contributed by atoms with Gasteiger partial charge in [-0.05, 0) is 37.3 Å². The first-order valence-electron chi connectivity index (χ1n) is 11.4. The minimum Gasteiger partial charge on any atom is -0.381 e. The highest BCUT2D eigenvalue weighted by molar-refractivity contribution is 7.21. The van der Waals surface area contributed by atoms with Crippen LogP contribution in [0.4, 0.5) is 18.3 Å².